The van der Waals surface area contributed by atoms with E-state index in [2.05, 4.69) is 18.3 Å². The molecule has 6 heteroatoms. The molecule has 0 saturated carbocycles. The van der Waals surface area contributed by atoms with Gasteiger partial charge in [-0.15, -0.1) is 0 Å². The number of nitrogens with one attached hydrogen (secondary N) is 1. The summed E-state index contributed by atoms with van der Waals surface area (Å²) >= 11 is 6.28. The number of thioether (sulfide) groups is 1. The van der Waals surface area contributed by atoms with E-state index in [1.807, 2.05) is 42.5 Å². The number of methoxy groups -OCH3 is 1. The molecule has 3 rings (SSSR count). The zero-order chi connectivity index (χ0) is 19.2. The molecule has 1 amide bonds. The Morgan fingerprint density at radius 1 is 1.19 bits per heavy atom. The van der Waals surface area contributed by atoms with E-state index >= 15 is 0 Å². The second-order valence-corrected chi connectivity index (χ2v) is 7.78. The van der Waals surface area contributed by atoms with E-state index in [9.17, 15) is 4.79 Å². The van der Waals surface area contributed by atoms with E-state index in [0.717, 1.165) is 35.5 Å². The van der Waals surface area contributed by atoms with Crippen molar-refractivity contribution < 1.29 is 14.3 Å². The van der Waals surface area contributed by atoms with Gasteiger partial charge in [0.15, 0.2) is 0 Å². The zero-order valence-corrected chi connectivity index (χ0v) is 16.9. The van der Waals surface area contributed by atoms with Crippen molar-refractivity contribution in [3.63, 3.8) is 0 Å². The Morgan fingerprint density at radius 3 is 2.59 bits per heavy atom. The maximum atomic E-state index is 11.7. The zero-order valence-electron chi connectivity index (χ0n) is 15.3. The Bertz CT molecular complexity index is 875. The summed E-state index contributed by atoms with van der Waals surface area (Å²) in [6, 6.07) is 13.7. The first-order valence-corrected chi connectivity index (χ1v) is 9.95. The number of hydrogen-bond donors (Lipinski definition) is 1. The number of thiocarbonyl (C=S) groups is 1. The van der Waals surface area contributed by atoms with Crippen LogP contribution in [0.3, 0.4) is 0 Å². The minimum absolute atomic E-state index is 0.146. The van der Waals surface area contributed by atoms with Crippen LogP contribution in [-0.4, -0.2) is 17.3 Å². The summed E-state index contributed by atoms with van der Waals surface area (Å²) in [4.78, 5) is 12.3. The van der Waals surface area contributed by atoms with Crippen molar-refractivity contribution in [1.29, 1.82) is 0 Å². The van der Waals surface area contributed by atoms with E-state index in [0.29, 0.717) is 15.8 Å². The molecule has 1 saturated heterocycles. The Labute approximate surface area is 168 Å². The van der Waals surface area contributed by atoms with Crippen LogP contribution in [0.1, 0.15) is 30.0 Å². The van der Waals surface area contributed by atoms with Crippen molar-refractivity contribution in [3.8, 4) is 11.5 Å². The second-order valence-electron chi connectivity index (χ2n) is 6.06. The standard InChI is InChI=1S/C21H21NO3S2/c1-3-5-17-15(6-4-7-18(17)24-2)13-25-16-10-8-14(9-11-16)12-19-20(23)22-21(26)27-19/h4,6-12H,3,5,13H2,1-2H3,(H,22,23,26)/b19-12-. The van der Waals surface area contributed by atoms with E-state index in [4.69, 9.17) is 21.7 Å². The van der Waals surface area contributed by atoms with Crippen LogP contribution in [0.2, 0.25) is 0 Å². The predicted octanol–water partition coefficient (Wildman–Crippen LogP) is 4.72. The number of rotatable bonds is 7. The molecule has 0 aromatic heterocycles. The topological polar surface area (TPSA) is 47.6 Å². The molecular formula is C21H21NO3S2. The van der Waals surface area contributed by atoms with Gasteiger partial charge in [0.1, 0.15) is 22.4 Å². The highest BCUT2D eigenvalue weighted by atomic mass is 32.2. The van der Waals surface area contributed by atoms with E-state index in [1.165, 1.54) is 17.3 Å². The van der Waals surface area contributed by atoms with Gasteiger partial charge < -0.3 is 14.8 Å². The first-order chi connectivity index (χ1) is 13.1. The van der Waals surface area contributed by atoms with Crippen molar-refractivity contribution in [3.05, 3.63) is 64.1 Å². The molecule has 1 heterocycles. The first-order valence-electron chi connectivity index (χ1n) is 8.73. The summed E-state index contributed by atoms with van der Waals surface area (Å²) in [5.41, 5.74) is 3.26. The van der Waals surface area contributed by atoms with Crippen LogP contribution < -0.4 is 14.8 Å². The lowest BCUT2D eigenvalue weighted by atomic mass is 10.0. The van der Waals surface area contributed by atoms with Gasteiger partial charge in [0.2, 0.25) is 0 Å². The second kappa shape index (κ2) is 9.06. The molecule has 0 atom stereocenters. The quantitative estimate of drug-likeness (QED) is 0.539. The SMILES string of the molecule is CCCc1c(COc2ccc(/C=C3\SC(=S)NC3=O)cc2)cccc1OC. The van der Waals surface area contributed by atoms with Gasteiger partial charge in [-0.3, -0.25) is 4.79 Å². The fourth-order valence-electron chi connectivity index (χ4n) is 2.87. The molecule has 1 aliphatic rings. The first kappa shape index (κ1) is 19.5. The Kier molecular flexibility index (Phi) is 6.53. The molecule has 0 bridgehead atoms. The van der Waals surface area contributed by atoms with Crippen molar-refractivity contribution in [2.24, 2.45) is 0 Å². The minimum Gasteiger partial charge on any atom is -0.496 e. The molecule has 2 aromatic carbocycles. The summed E-state index contributed by atoms with van der Waals surface area (Å²) in [5.74, 6) is 1.54. The predicted molar refractivity (Wildman–Crippen MR) is 114 cm³/mol. The monoisotopic (exact) mass is 399 g/mol. The highest BCUT2D eigenvalue weighted by Crippen LogP contribution is 2.27. The lowest BCUT2D eigenvalue weighted by molar-refractivity contribution is -0.115. The Balaban J connectivity index is 1.68. The van der Waals surface area contributed by atoms with Gasteiger partial charge in [0.05, 0.1) is 12.0 Å². The molecule has 0 radical (unpaired) electrons. The Hall–Kier alpha value is -2.31. The van der Waals surface area contributed by atoms with Gasteiger partial charge in [-0.2, -0.15) is 0 Å². The number of carbonyl (C=O) groups is 1. The summed E-state index contributed by atoms with van der Waals surface area (Å²) < 4.78 is 11.9. The normalized spacial score (nSPS) is 15.1. The number of hydrogen-bond acceptors (Lipinski definition) is 5. The molecular weight excluding hydrogens is 378 g/mol. The van der Waals surface area contributed by atoms with Crippen LogP contribution in [0.4, 0.5) is 0 Å². The third kappa shape index (κ3) is 4.90. The number of amides is 1. The van der Waals surface area contributed by atoms with E-state index in [1.54, 1.807) is 7.11 Å². The summed E-state index contributed by atoms with van der Waals surface area (Å²) in [6.07, 6.45) is 3.83. The van der Waals surface area contributed by atoms with Gasteiger partial charge in [0, 0.05) is 5.56 Å². The smallest absolute Gasteiger partial charge is 0.263 e. The molecule has 1 fully saturated rings. The molecule has 140 valence electrons. The van der Waals surface area contributed by atoms with Gasteiger partial charge in [-0.05, 0) is 41.8 Å². The summed E-state index contributed by atoms with van der Waals surface area (Å²) in [6.45, 7) is 2.64. The lowest BCUT2D eigenvalue weighted by Gasteiger charge is -2.14. The fraction of sp³-hybridized carbons (Fsp3) is 0.238. The molecule has 0 aliphatic carbocycles. The van der Waals surface area contributed by atoms with Crippen LogP contribution in [0.25, 0.3) is 6.08 Å². The maximum absolute atomic E-state index is 11.7. The lowest BCUT2D eigenvalue weighted by Crippen LogP contribution is -2.17. The molecule has 0 unspecified atom stereocenters. The number of carbonyl (C=O) groups excluding carboxylic acids is 1. The molecule has 4 nitrogen and oxygen atoms in total. The largest absolute Gasteiger partial charge is 0.496 e. The molecule has 27 heavy (non-hydrogen) atoms. The fourth-order valence-corrected chi connectivity index (χ4v) is 3.91. The van der Waals surface area contributed by atoms with Crippen molar-refractivity contribution in [2.75, 3.05) is 7.11 Å². The van der Waals surface area contributed by atoms with Crippen LogP contribution in [0.15, 0.2) is 47.4 Å². The third-order valence-corrected chi connectivity index (χ3v) is 5.33. The van der Waals surface area contributed by atoms with Gasteiger partial charge >= 0.3 is 0 Å². The van der Waals surface area contributed by atoms with Crippen LogP contribution in [-0.2, 0) is 17.8 Å². The number of ether oxygens (including phenoxy) is 2. The molecule has 0 spiro atoms. The van der Waals surface area contributed by atoms with Crippen LogP contribution in [0.5, 0.6) is 11.5 Å². The average molecular weight is 400 g/mol. The van der Waals surface area contributed by atoms with Crippen molar-refractivity contribution >= 4 is 40.3 Å². The van der Waals surface area contributed by atoms with Gasteiger partial charge in [-0.1, -0.05) is 61.6 Å². The van der Waals surface area contributed by atoms with Gasteiger partial charge in [0.25, 0.3) is 5.91 Å². The third-order valence-electron chi connectivity index (χ3n) is 4.16. The van der Waals surface area contributed by atoms with Crippen molar-refractivity contribution in [2.45, 2.75) is 26.4 Å². The van der Waals surface area contributed by atoms with Crippen LogP contribution in [0, 0.1) is 0 Å². The number of benzene rings is 2. The van der Waals surface area contributed by atoms with E-state index in [-0.39, 0.29) is 5.91 Å². The van der Waals surface area contributed by atoms with Gasteiger partial charge in [-0.25, -0.2) is 0 Å². The van der Waals surface area contributed by atoms with Crippen molar-refractivity contribution in [1.82, 2.24) is 5.32 Å². The molecule has 1 aliphatic heterocycles. The molecule has 1 N–H and O–H groups in total. The highest BCUT2D eigenvalue weighted by molar-refractivity contribution is 8.26. The maximum Gasteiger partial charge on any atom is 0.263 e. The highest BCUT2D eigenvalue weighted by Gasteiger charge is 2.21. The summed E-state index contributed by atoms with van der Waals surface area (Å²) in [5, 5.41) is 2.61. The summed E-state index contributed by atoms with van der Waals surface area (Å²) in [7, 11) is 1.70. The Morgan fingerprint density at radius 2 is 1.96 bits per heavy atom. The van der Waals surface area contributed by atoms with E-state index < -0.39 is 0 Å². The van der Waals surface area contributed by atoms with Crippen LogP contribution >= 0.6 is 24.0 Å². The molecule has 2 aromatic rings. The average Bonchev–Trinajstić information content (AvgIpc) is 2.99. The minimum atomic E-state index is -0.146.